The Morgan fingerprint density at radius 2 is 1.90 bits per heavy atom. The smallest absolute Gasteiger partial charge is 0.282 e. The second-order valence-electron chi connectivity index (χ2n) is 6.32. The zero-order valence-corrected chi connectivity index (χ0v) is 16.8. The van der Waals surface area contributed by atoms with E-state index >= 15 is 0 Å². The summed E-state index contributed by atoms with van der Waals surface area (Å²) >= 11 is 5.86. The highest BCUT2D eigenvalue weighted by molar-refractivity contribution is 6.31. The van der Waals surface area contributed by atoms with E-state index in [0.717, 1.165) is 11.0 Å². The molecule has 3 rings (SSSR count). The van der Waals surface area contributed by atoms with E-state index in [2.05, 4.69) is 10.9 Å². The van der Waals surface area contributed by atoms with E-state index < -0.39 is 34.2 Å². The SMILES string of the molecule is COc1ccc(Cl)cc1C(=O)NNC(=O)CCN1C(=O)c2cccc([N+](=O)[O-])c2C1=O. The standard InChI is InChI=1S/C19H15ClN4O7/c1-31-14-6-5-10(20)9-12(14)17(26)22-21-15(25)7-8-23-18(27)11-3-2-4-13(24(29)30)16(11)19(23)28/h2-6,9H,7-8H2,1H3,(H,21,25)(H,22,26). The average molecular weight is 447 g/mol. The van der Waals surface area contributed by atoms with Crippen LogP contribution in [0.1, 0.15) is 37.5 Å². The Hall–Kier alpha value is -3.99. The van der Waals surface area contributed by atoms with Crippen molar-refractivity contribution < 1.29 is 28.8 Å². The summed E-state index contributed by atoms with van der Waals surface area (Å²) in [4.78, 5) is 60.3. The molecule has 0 saturated carbocycles. The van der Waals surface area contributed by atoms with Crippen LogP contribution in [-0.2, 0) is 4.79 Å². The molecule has 2 aromatic carbocycles. The van der Waals surface area contributed by atoms with Gasteiger partial charge in [-0.3, -0.25) is 45.0 Å². The van der Waals surface area contributed by atoms with Crippen LogP contribution in [0.2, 0.25) is 5.02 Å². The molecule has 0 aliphatic carbocycles. The van der Waals surface area contributed by atoms with E-state index in [1.54, 1.807) is 0 Å². The van der Waals surface area contributed by atoms with E-state index in [0.29, 0.717) is 0 Å². The Balaban J connectivity index is 1.61. The number of methoxy groups -OCH3 is 1. The molecule has 160 valence electrons. The fourth-order valence-corrected chi connectivity index (χ4v) is 3.17. The molecule has 0 spiro atoms. The number of nitro groups is 1. The van der Waals surface area contributed by atoms with Gasteiger partial charge < -0.3 is 4.74 Å². The third-order valence-electron chi connectivity index (χ3n) is 4.46. The molecule has 1 aliphatic heterocycles. The molecule has 2 N–H and O–H groups in total. The lowest BCUT2D eigenvalue weighted by molar-refractivity contribution is -0.385. The van der Waals surface area contributed by atoms with Crippen molar-refractivity contribution in [2.75, 3.05) is 13.7 Å². The third kappa shape index (κ3) is 4.31. The summed E-state index contributed by atoms with van der Waals surface area (Å²) in [7, 11) is 1.37. The Morgan fingerprint density at radius 1 is 1.16 bits per heavy atom. The first-order valence-electron chi connectivity index (χ1n) is 8.81. The maximum Gasteiger partial charge on any atom is 0.282 e. The molecule has 2 aromatic rings. The van der Waals surface area contributed by atoms with Crippen molar-refractivity contribution in [3.05, 3.63) is 68.2 Å². The van der Waals surface area contributed by atoms with Crippen molar-refractivity contribution in [3.63, 3.8) is 0 Å². The van der Waals surface area contributed by atoms with Gasteiger partial charge in [0.15, 0.2) is 0 Å². The van der Waals surface area contributed by atoms with E-state index in [1.807, 2.05) is 0 Å². The maximum atomic E-state index is 12.5. The van der Waals surface area contributed by atoms with Gasteiger partial charge in [0.1, 0.15) is 11.3 Å². The second-order valence-corrected chi connectivity index (χ2v) is 6.75. The van der Waals surface area contributed by atoms with Gasteiger partial charge in [0.25, 0.3) is 23.4 Å². The summed E-state index contributed by atoms with van der Waals surface area (Å²) in [5.74, 6) is -2.73. The largest absolute Gasteiger partial charge is 0.496 e. The fraction of sp³-hybridized carbons (Fsp3) is 0.158. The van der Waals surface area contributed by atoms with Gasteiger partial charge in [-0.2, -0.15) is 0 Å². The first-order valence-corrected chi connectivity index (χ1v) is 9.18. The summed E-state index contributed by atoms with van der Waals surface area (Å²) < 4.78 is 5.06. The van der Waals surface area contributed by atoms with Crippen LogP contribution in [-0.4, -0.2) is 47.1 Å². The molecular weight excluding hydrogens is 432 g/mol. The van der Waals surface area contributed by atoms with Crippen LogP contribution < -0.4 is 15.6 Å². The van der Waals surface area contributed by atoms with Crippen molar-refractivity contribution in [1.29, 1.82) is 0 Å². The minimum Gasteiger partial charge on any atom is -0.496 e. The number of amides is 4. The minimum atomic E-state index is -0.854. The van der Waals surface area contributed by atoms with Crippen LogP contribution in [0, 0.1) is 10.1 Å². The normalized spacial score (nSPS) is 12.4. The molecular formula is C19H15ClN4O7. The number of carbonyl (C=O) groups excluding carboxylic acids is 4. The number of nitrogens with zero attached hydrogens (tertiary/aromatic N) is 2. The van der Waals surface area contributed by atoms with Crippen molar-refractivity contribution >= 4 is 40.9 Å². The predicted molar refractivity (Wildman–Crippen MR) is 107 cm³/mol. The number of imide groups is 1. The molecule has 0 atom stereocenters. The van der Waals surface area contributed by atoms with Gasteiger partial charge in [-0.25, -0.2) is 0 Å². The zero-order chi connectivity index (χ0) is 22.7. The molecule has 1 heterocycles. The number of halogens is 1. The molecule has 11 nitrogen and oxygen atoms in total. The van der Waals surface area contributed by atoms with Gasteiger partial charge in [0.2, 0.25) is 5.91 Å². The molecule has 12 heteroatoms. The average Bonchev–Trinajstić information content (AvgIpc) is 3.00. The molecule has 1 aliphatic rings. The monoisotopic (exact) mass is 446 g/mol. The van der Waals surface area contributed by atoms with Gasteiger partial charge in [0, 0.05) is 24.1 Å². The Bertz CT molecular complexity index is 1120. The lowest BCUT2D eigenvalue weighted by atomic mass is 10.1. The van der Waals surface area contributed by atoms with Crippen LogP contribution >= 0.6 is 11.6 Å². The van der Waals surface area contributed by atoms with Crippen LogP contribution in [0.5, 0.6) is 5.75 Å². The number of hydrogen-bond donors (Lipinski definition) is 2. The minimum absolute atomic E-state index is 0.0861. The molecule has 0 fully saturated rings. The maximum absolute atomic E-state index is 12.5. The first kappa shape index (κ1) is 21.7. The summed E-state index contributed by atoms with van der Waals surface area (Å²) in [5, 5.41) is 11.4. The van der Waals surface area contributed by atoms with Crippen LogP contribution in [0.4, 0.5) is 5.69 Å². The van der Waals surface area contributed by atoms with Gasteiger partial charge >= 0.3 is 0 Å². The number of nitrogens with one attached hydrogen (secondary N) is 2. The quantitative estimate of drug-likeness (QED) is 0.389. The Morgan fingerprint density at radius 3 is 2.58 bits per heavy atom. The molecule has 4 amide bonds. The van der Waals surface area contributed by atoms with Crippen molar-refractivity contribution in [1.82, 2.24) is 15.8 Å². The molecule has 31 heavy (non-hydrogen) atoms. The summed E-state index contributed by atoms with van der Waals surface area (Å²) in [5.41, 5.74) is 3.55. The highest BCUT2D eigenvalue weighted by Crippen LogP contribution is 2.30. The number of ether oxygens (including phenoxy) is 1. The van der Waals surface area contributed by atoms with Crippen molar-refractivity contribution in [2.24, 2.45) is 0 Å². The molecule has 0 unspecified atom stereocenters. The van der Waals surface area contributed by atoms with Gasteiger partial charge in [-0.1, -0.05) is 17.7 Å². The van der Waals surface area contributed by atoms with Gasteiger partial charge in [0.05, 0.1) is 23.2 Å². The number of rotatable bonds is 6. The zero-order valence-electron chi connectivity index (χ0n) is 16.0. The number of carbonyl (C=O) groups is 4. The number of fused-ring (bicyclic) bond motifs is 1. The van der Waals surface area contributed by atoms with E-state index in [-0.39, 0.29) is 40.4 Å². The lowest BCUT2D eigenvalue weighted by Crippen LogP contribution is -2.43. The van der Waals surface area contributed by atoms with Crippen molar-refractivity contribution in [3.8, 4) is 5.75 Å². The van der Waals surface area contributed by atoms with E-state index in [4.69, 9.17) is 16.3 Å². The summed E-state index contributed by atoms with van der Waals surface area (Å²) in [6.45, 7) is -0.328. The molecule has 0 aromatic heterocycles. The fourth-order valence-electron chi connectivity index (χ4n) is 3.00. The van der Waals surface area contributed by atoms with Crippen LogP contribution in [0.25, 0.3) is 0 Å². The topological polar surface area (TPSA) is 148 Å². The lowest BCUT2D eigenvalue weighted by Gasteiger charge is -2.14. The van der Waals surface area contributed by atoms with Gasteiger partial charge in [-0.05, 0) is 24.3 Å². The predicted octanol–water partition coefficient (Wildman–Crippen LogP) is 1.70. The summed E-state index contributed by atoms with van der Waals surface area (Å²) in [6, 6.07) is 8.11. The van der Waals surface area contributed by atoms with E-state index in [9.17, 15) is 29.3 Å². The first-order chi connectivity index (χ1) is 14.7. The number of hydrazine groups is 1. The molecule has 0 radical (unpaired) electrons. The van der Waals surface area contributed by atoms with Crippen molar-refractivity contribution in [2.45, 2.75) is 6.42 Å². The number of hydrogen-bond acceptors (Lipinski definition) is 7. The highest BCUT2D eigenvalue weighted by atomic mass is 35.5. The highest BCUT2D eigenvalue weighted by Gasteiger charge is 2.40. The van der Waals surface area contributed by atoms with Crippen LogP contribution in [0.15, 0.2) is 36.4 Å². The second kappa shape index (κ2) is 8.79. The Labute approximate surface area is 180 Å². The van der Waals surface area contributed by atoms with Gasteiger partial charge in [-0.15, -0.1) is 0 Å². The Kier molecular flexibility index (Phi) is 6.16. The summed E-state index contributed by atoms with van der Waals surface area (Å²) in [6.07, 6.45) is -0.341. The van der Waals surface area contributed by atoms with Crippen LogP contribution in [0.3, 0.4) is 0 Å². The molecule has 0 bridgehead atoms. The third-order valence-corrected chi connectivity index (χ3v) is 4.69. The van der Waals surface area contributed by atoms with E-state index in [1.165, 1.54) is 37.4 Å². The number of benzene rings is 2. The number of nitro benzene ring substituents is 1. The molecule has 0 saturated heterocycles.